The van der Waals surface area contributed by atoms with Crippen molar-refractivity contribution in [2.45, 2.75) is 33.6 Å². The second-order valence-corrected chi connectivity index (χ2v) is 7.33. The Hall–Kier alpha value is -3.15. The Morgan fingerprint density at radius 2 is 1.40 bits per heavy atom. The van der Waals surface area contributed by atoms with Crippen molar-refractivity contribution in [2.75, 3.05) is 36.0 Å². The van der Waals surface area contributed by atoms with Gasteiger partial charge >= 0.3 is 0 Å². The topological polar surface area (TPSA) is 87.1 Å². The summed E-state index contributed by atoms with van der Waals surface area (Å²) in [5, 5.41) is 33.7. The van der Waals surface area contributed by atoms with Crippen molar-refractivity contribution in [1.82, 2.24) is 0 Å². The zero-order chi connectivity index (χ0) is 22.0. The number of allylic oxidation sites excluding steroid dienone is 2. The molecule has 2 aromatic carbocycles. The SMILES string of the molecule is CCN(CC)c1ccc(C2C(=O)C(c3ccc(N(CC)CC)cc3O)=C2O)c([O-])c1. The van der Waals surface area contributed by atoms with Gasteiger partial charge in [-0.15, -0.1) is 5.75 Å². The molecule has 30 heavy (non-hydrogen) atoms. The quantitative estimate of drug-likeness (QED) is 0.690. The molecule has 160 valence electrons. The van der Waals surface area contributed by atoms with Gasteiger partial charge in [-0.1, -0.05) is 6.07 Å². The highest BCUT2D eigenvalue weighted by atomic mass is 16.3. The van der Waals surface area contributed by atoms with Gasteiger partial charge in [-0.2, -0.15) is 0 Å². The molecule has 2 aromatic rings. The zero-order valence-electron chi connectivity index (χ0n) is 18.0. The summed E-state index contributed by atoms with van der Waals surface area (Å²) in [7, 11) is 0. The lowest BCUT2D eigenvalue weighted by atomic mass is 9.74. The molecule has 0 saturated carbocycles. The van der Waals surface area contributed by atoms with Gasteiger partial charge in [0.2, 0.25) is 0 Å². The summed E-state index contributed by atoms with van der Waals surface area (Å²) < 4.78 is 0. The molecule has 1 aliphatic carbocycles. The van der Waals surface area contributed by atoms with Gasteiger partial charge < -0.3 is 25.1 Å². The van der Waals surface area contributed by atoms with Crippen LogP contribution in [0, 0.1) is 0 Å². The Balaban J connectivity index is 1.93. The minimum Gasteiger partial charge on any atom is -0.872 e. The molecule has 0 fully saturated rings. The van der Waals surface area contributed by atoms with Crippen LogP contribution in [0.3, 0.4) is 0 Å². The number of aliphatic hydroxyl groups is 1. The van der Waals surface area contributed by atoms with Crippen molar-refractivity contribution in [3.05, 3.63) is 53.3 Å². The summed E-state index contributed by atoms with van der Waals surface area (Å²) >= 11 is 0. The predicted molar refractivity (Wildman–Crippen MR) is 118 cm³/mol. The molecule has 6 nitrogen and oxygen atoms in total. The Bertz CT molecular complexity index is 975. The first kappa shape index (κ1) is 21.6. The molecule has 0 saturated heterocycles. The maximum atomic E-state index is 12.9. The smallest absolute Gasteiger partial charge is 0.182 e. The summed E-state index contributed by atoms with van der Waals surface area (Å²) in [6.07, 6.45) is 0. The fraction of sp³-hybridized carbons (Fsp3) is 0.375. The number of ketones is 1. The number of phenolic OH excluding ortho intramolecular Hbond substituents is 1. The van der Waals surface area contributed by atoms with E-state index in [-0.39, 0.29) is 39.7 Å². The molecule has 0 radical (unpaired) electrons. The fourth-order valence-corrected chi connectivity index (χ4v) is 4.08. The van der Waals surface area contributed by atoms with Crippen LogP contribution >= 0.6 is 0 Å². The van der Waals surface area contributed by atoms with E-state index in [9.17, 15) is 20.1 Å². The minimum atomic E-state index is -0.972. The summed E-state index contributed by atoms with van der Waals surface area (Å²) in [4.78, 5) is 17.0. The number of nitrogens with zero attached hydrogens (tertiary/aromatic N) is 2. The lowest BCUT2D eigenvalue weighted by Gasteiger charge is -2.32. The number of aliphatic hydroxyl groups excluding tert-OH is 1. The van der Waals surface area contributed by atoms with Crippen LogP contribution in [0.2, 0.25) is 0 Å². The van der Waals surface area contributed by atoms with Crippen LogP contribution in [0.25, 0.3) is 5.57 Å². The first-order chi connectivity index (χ1) is 14.4. The Morgan fingerprint density at radius 3 is 1.87 bits per heavy atom. The van der Waals surface area contributed by atoms with E-state index in [0.717, 1.165) is 37.6 Å². The van der Waals surface area contributed by atoms with Crippen LogP contribution in [0.5, 0.6) is 11.5 Å². The van der Waals surface area contributed by atoms with Crippen LogP contribution in [-0.4, -0.2) is 42.2 Å². The Morgan fingerprint density at radius 1 is 0.867 bits per heavy atom. The molecule has 0 aliphatic heterocycles. The lowest BCUT2D eigenvalue weighted by molar-refractivity contribution is -0.269. The van der Waals surface area contributed by atoms with Gasteiger partial charge in [0.1, 0.15) is 17.4 Å². The number of anilines is 2. The van der Waals surface area contributed by atoms with E-state index in [1.54, 1.807) is 24.3 Å². The lowest BCUT2D eigenvalue weighted by Crippen LogP contribution is -2.29. The predicted octanol–water partition coefficient (Wildman–Crippen LogP) is 3.79. The number of carbonyl (C=O) groups is 1. The minimum absolute atomic E-state index is 0.0630. The normalized spacial score (nSPS) is 15.9. The number of phenols is 1. The third-order valence-corrected chi connectivity index (χ3v) is 5.85. The van der Waals surface area contributed by atoms with Crippen molar-refractivity contribution in [2.24, 2.45) is 0 Å². The second kappa shape index (κ2) is 8.69. The molecule has 1 aliphatic rings. The van der Waals surface area contributed by atoms with Crippen LogP contribution in [0.15, 0.2) is 42.2 Å². The molecular weight excluding hydrogens is 380 g/mol. The number of hydrogen-bond acceptors (Lipinski definition) is 6. The monoisotopic (exact) mass is 409 g/mol. The van der Waals surface area contributed by atoms with Gasteiger partial charge in [0.05, 0.1) is 5.57 Å². The average Bonchev–Trinajstić information content (AvgIpc) is 2.73. The zero-order valence-corrected chi connectivity index (χ0v) is 18.0. The number of rotatable bonds is 8. The number of aromatic hydroxyl groups is 1. The summed E-state index contributed by atoms with van der Waals surface area (Å²) in [5.41, 5.74) is 2.27. The summed E-state index contributed by atoms with van der Waals surface area (Å²) in [6, 6.07) is 10.00. The number of hydrogen-bond donors (Lipinski definition) is 2. The maximum absolute atomic E-state index is 12.9. The van der Waals surface area contributed by atoms with E-state index in [1.807, 2.05) is 38.7 Å². The Kier molecular flexibility index (Phi) is 6.25. The van der Waals surface area contributed by atoms with E-state index in [1.165, 1.54) is 6.07 Å². The highest BCUT2D eigenvalue weighted by Crippen LogP contribution is 2.47. The van der Waals surface area contributed by atoms with Gasteiger partial charge in [-0.3, -0.25) is 4.79 Å². The molecule has 1 atom stereocenters. The summed E-state index contributed by atoms with van der Waals surface area (Å²) in [6.45, 7) is 11.2. The van der Waals surface area contributed by atoms with Crippen molar-refractivity contribution < 1.29 is 20.1 Å². The largest absolute Gasteiger partial charge is 0.872 e. The van der Waals surface area contributed by atoms with E-state index in [2.05, 4.69) is 4.90 Å². The van der Waals surface area contributed by atoms with Gasteiger partial charge in [-0.25, -0.2) is 0 Å². The molecule has 2 N–H and O–H groups in total. The van der Waals surface area contributed by atoms with Crippen molar-refractivity contribution >= 4 is 22.7 Å². The van der Waals surface area contributed by atoms with Crippen LogP contribution in [-0.2, 0) is 4.79 Å². The van der Waals surface area contributed by atoms with Gasteiger partial charge in [-0.05, 0) is 57.5 Å². The van der Waals surface area contributed by atoms with Crippen LogP contribution in [0.4, 0.5) is 11.4 Å². The first-order valence-electron chi connectivity index (χ1n) is 10.5. The standard InChI is InChI=1S/C24H30N2O4/c1-5-25(6-2)15-9-11-17(19(27)13-15)21-23(29)22(24(21)30)18-12-10-16(14-20(18)28)26(7-3)8-4/h9-14,21,27-29H,5-8H2,1-4H3/p-1. The first-order valence-corrected chi connectivity index (χ1v) is 10.5. The second-order valence-electron chi connectivity index (χ2n) is 7.33. The van der Waals surface area contributed by atoms with Crippen LogP contribution in [0.1, 0.15) is 44.7 Å². The van der Waals surface area contributed by atoms with Crippen molar-refractivity contribution in [1.29, 1.82) is 0 Å². The highest BCUT2D eigenvalue weighted by Gasteiger charge is 2.42. The number of carbonyl (C=O) groups excluding carboxylic acids is 1. The molecule has 0 spiro atoms. The summed E-state index contributed by atoms with van der Waals surface area (Å²) in [5.74, 6) is -1.83. The van der Waals surface area contributed by atoms with E-state index in [0.29, 0.717) is 0 Å². The van der Waals surface area contributed by atoms with E-state index < -0.39 is 5.92 Å². The number of Topliss-reactive ketones (excluding diaryl/α,β-unsaturated/α-hetero) is 1. The third-order valence-electron chi connectivity index (χ3n) is 5.85. The van der Waals surface area contributed by atoms with Gasteiger partial charge in [0.15, 0.2) is 5.78 Å². The molecule has 6 heteroatoms. The molecular formula is C24H29N2O4-. The molecule has 0 amide bonds. The van der Waals surface area contributed by atoms with Crippen molar-refractivity contribution in [3.8, 4) is 11.5 Å². The van der Waals surface area contributed by atoms with Gasteiger partial charge in [0, 0.05) is 49.2 Å². The fourth-order valence-electron chi connectivity index (χ4n) is 4.08. The van der Waals surface area contributed by atoms with E-state index >= 15 is 0 Å². The third kappa shape index (κ3) is 3.58. The van der Waals surface area contributed by atoms with Crippen LogP contribution < -0.4 is 14.9 Å². The van der Waals surface area contributed by atoms with Gasteiger partial charge in [0.25, 0.3) is 0 Å². The highest BCUT2D eigenvalue weighted by molar-refractivity contribution is 6.32. The molecule has 0 bridgehead atoms. The molecule has 1 unspecified atom stereocenters. The van der Waals surface area contributed by atoms with E-state index in [4.69, 9.17) is 0 Å². The molecule has 0 heterocycles. The number of benzene rings is 2. The average molecular weight is 410 g/mol. The molecule has 3 rings (SSSR count). The Labute approximate surface area is 177 Å². The molecule has 0 aromatic heterocycles. The van der Waals surface area contributed by atoms with Crippen molar-refractivity contribution in [3.63, 3.8) is 0 Å². The maximum Gasteiger partial charge on any atom is 0.182 e.